The quantitative estimate of drug-likeness (QED) is 0.429. The van der Waals surface area contributed by atoms with E-state index in [1.807, 2.05) is 5.01 Å². The predicted molar refractivity (Wildman–Crippen MR) is 77.6 cm³/mol. The maximum atomic E-state index is 11.7. The summed E-state index contributed by atoms with van der Waals surface area (Å²) in [6, 6.07) is 0. The lowest BCUT2D eigenvalue weighted by Gasteiger charge is -2.28. The Morgan fingerprint density at radius 1 is 1.10 bits per heavy atom. The van der Waals surface area contributed by atoms with Crippen LogP contribution in [0.1, 0.15) is 32.1 Å². The van der Waals surface area contributed by atoms with E-state index in [9.17, 15) is 9.59 Å². The Bertz CT molecular complexity index is 394. The number of ether oxygens (including phenoxy) is 1. The Balaban J connectivity index is 1.69. The molecule has 0 saturated carbocycles. The maximum absolute atomic E-state index is 11.7. The van der Waals surface area contributed by atoms with Gasteiger partial charge in [-0.05, 0) is 25.7 Å². The van der Waals surface area contributed by atoms with Crippen LogP contribution < -0.4 is 11.3 Å². The molecular weight excluding hydrogens is 272 g/mol. The van der Waals surface area contributed by atoms with E-state index in [4.69, 9.17) is 10.6 Å². The number of rotatable bonds is 4. The SMILES string of the molecule is NN1CCC[C@H](OC(=O)/C=C/C(=O)NN2CCCCC2)C1. The summed E-state index contributed by atoms with van der Waals surface area (Å²) in [5, 5.41) is 3.53. The van der Waals surface area contributed by atoms with Gasteiger partial charge in [-0.2, -0.15) is 0 Å². The summed E-state index contributed by atoms with van der Waals surface area (Å²) in [6.07, 6.45) is 7.31. The van der Waals surface area contributed by atoms with Crippen LogP contribution in [0.2, 0.25) is 0 Å². The third-order valence-electron chi connectivity index (χ3n) is 3.69. The highest BCUT2D eigenvalue weighted by atomic mass is 16.5. The minimum atomic E-state index is -0.496. The number of amides is 1. The van der Waals surface area contributed by atoms with Gasteiger partial charge in [0, 0.05) is 31.8 Å². The standard InChI is InChI=1S/C14H24N4O3/c15-17-8-4-5-12(11-17)21-14(20)7-6-13(19)16-18-9-2-1-3-10-18/h6-7,12H,1-5,8-11,15H2,(H,16,19)/b7-6+/t12-/m0/s1. The van der Waals surface area contributed by atoms with Gasteiger partial charge in [-0.25, -0.2) is 14.8 Å². The molecule has 0 aliphatic carbocycles. The molecule has 2 aliphatic heterocycles. The lowest BCUT2D eigenvalue weighted by atomic mass is 10.1. The fourth-order valence-electron chi connectivity index (χ4n) is 2.61. The molecule has 2 fully saturated rings. The second-order valence-electron chi connectivity index (χ2n) is 5.55. The number of esters is 1. The van der Waals surface area contributed by atoms with E-state index in [0.717, 1.165) is 45.3 Å². The molecule has 0 spiro atoms. The molecule has 0 aromatic heterocycles. The monoisotopic (exact) mass is 296 g/mol. The fourth-order valence-corrected chi connectivity index (χ4v) is 2.61. The van der Waals surface area contributed by atoms with Crippen LogP contribution in [-0.2, 0) is 14.3 Å². The first-order chi connectivity index (χ1) is 10.1. The maximum Gasteiger partial charge on any atom is 0.331 e. The van der Waals surface area contributed by atoms with Crippen molar-refractivity contribution in [2.24, 2.45) is 5.84 Å². The fraction of sp³-hybridized carbons (Fsp3) is 0.714. The van der Waals surface area contributed by atoms with Gasteiger partial charge in [0.2, 0.25) is 0 Å². The van der Waals surface area contributed by atoms with E-state index in [2.05, 4.69) is 5.43 Å². The molecule has 1 atom stereocenters. The Kier molecular flexibility index (Phi) is 6.16. The van der Waals surface area contributed by atoms with Crippen LogP contribution in [0.5, 0.6) is 0 Å². The van der Waals surface area contributed by atoms with Crippen LogP contribution in [0.4, 0.5) is 0 Å². The molecule has 21 heavy (non-hydrogen) atoms. The van der Waals surface area contributed by atoms with Crippen molar-refractivity contribution < 1.29 is 14.3 Å². The molecule has 0 unspecified atom stereocenters. The second kappa shape index (κ2) is 8.11. The molecule has 2 saturated heterocycles. The Morgan fingerprint density at radius 3 is 2.57 bits per heavy atom. The van der Waals surface area contributed by atoms with E-state index in [1.54, 1.807) is 5.01 Å². The topological polar surface area (TPSA) is 87.9 Å². The number of hydrogen-bond donors (Lipinski definition) is 2. The van der Waals surface area contributed by atoms with Crippen LogP contribution in [0.3, 0.4) is 0 Å². The number of nitrogens with two attached hydrogens (primary N) is 1. The summed E-state index contributed by atoms with van der Waals surface area (Å²) >= 11 is 0. The van der Waals surface area contributed by atoms with Crippen LogP contribution in [0, 0.1) is 0 Å². The van der Waals surface area contributed by atoms with Crippen LogP contribution >= 0.6 is 0 Å². The number of nitrogens with zero attached hydrogens (tertiary/aromatic N) is 2. The molecule has 118 valence electrons. The van der Waals surface area contributed by atoms with Gasteiger partial charge in [0.15, 0.2) is 0 Å². The molecule has 0 bridgehead atoms. The molecule has 7 heteroatoms. The minimum Gasteiger partial charge on any atom is -0.458 e. The average molecular weight is 296 g/mol. The van der Waals surface area contributed by atoms with E-state index >= 15 is 0 Å². The number of nitrogens with one attached hydrogen (secondary N) is 1. The highest BCUT2D eigenvalue weighted by molar-refractivity contribution is 5.94. The third kappa shape index (κ3) is 5.82. The normalized spacial score (nSPS) is 24.9. The lowest BCUT2D eigenvalue weighted by Crippen LogP contribution is -2.44. The van der Waals surface area contributed by atoms with Crippen molar-refractivity contribution in [2.75, 3.05) is 26.2 Å². The average Bonchev–Trinajstić information content (AvgIpc) is 2.46. The summed E-state index contributed by atoms with van der Waals surface area (Å²) in [6.45, 7) is 3.08. The first-order valence-electron chi connectivity index (χ1n) is 7.57. The number of piperidine rings is 2. The van der Waals surface area contributed by atoms with Crippen molar-refractivity contribution >= 4 is 11.9 Å². The highest BCUT2D eigenvalue weighted by Crippen LogP contribution is 2.10. The predicted octanol–water partition coefficient (Wildman–Crippen LogP) is -0.0590. The zero-order valence-corrected chi connectivity index (χ0v) is 12.3. The van der Waals surface area contributed by atoms with Gasteiger partial charge in [0.05, 0.1) is 6.54 Å². The number of carbonyl (C=O) groups excluding carboxylic acids is 2. The van der Waals surface area contributed by atoms with Crippen molar-refractivity contribution in [3.05, 3.63) is 12.2 Å². The summed E-state index contributed by atoms with van der Waals surface area (Å²) in [7, 11) is 0. The van der Waals surface area contributed by atoms with Crippen molar-refractivity contribution in [2.45, 2.75) is 38.2 Å². The molecule has 2 aliphatic rings. The van der Waals surface area contributed by atoms with Gasteiger partial charge < -0.3 is 4.74 Å². The minimum absolute atomic E-state index is 0.189. The van der Waals surface area contributed by atoms with Crippen molar-refractivity contribution in [3.63, 3.8) is 0 Å². The number of carbonyl (C=O) groups is 2. The Morgan fingerprint density at radius 2 is 1.86 bits per heavy atom. The van der Waals surface area contributed by atoms with E-state index in [1.165, 1.54) is 18.6 Å². The first-order valence-corrected chi connectivity index (χ1v) is 7.57. The van der Waals surface area contributed by atoms with E-state index in [0.29, 0.717) is 6.54 Å². The summed E-state index contributed by atoms with van der Waals surface area (Å²) in [4.78, 5) is 23.3. The third-order valence-corrected chi connectivity index (χ3v) is 3.69. The highest BCUT2D eigenvalue weighted by Gasteiger charge is 2.20. The first kappa shape index (κ1) is 15.9. The van der Waals surface area contributed by atoms with E-state index < -0.39 is 5.97 Å². The van der Waals surface area contributed by atoms with Crippen LogP contribution in [-0.4, -0.2) is 54.2 Å². The molecule has 1 amide bonds. The summed E-state index contributed by atoms with van der Waals surface area (Å²) < 4.78 is 5.26. The smallest absolute Gasteiger partial charge is 0.331 e. The van der Waals surface area contributed by atoms with Gasteiger partial charge in [-0.15, -0.1) is 0 Å². The van der Waals surface area contributed by atoms with Gasteiger partial charge in [0.25, 0.3) is 5.91 Å². The lowest BCUT2D eigenvalue weighted by molar-refractivity contribution is -0.145. The zero-order valence-electron chi connectivity index (χ0n) is 12.3. The van der Waals surface area contributed by atoms with Crippen LogP contribution in [0.15, 0.2) is 12.2 Å². The van der Waals surface area contributed by atoms with Gasteiger partial charge in [-0.3, -0.25) is 16.1 Å². The van der Waals surface area contributed by atoms with E-state index in [-0.39, 0.29) is 12.0 Å². The zero-order chi connectivity index (χ0) is 15.1. The number of hydrazine groups is 2. The van der Waals surface area contributed by atoms with Crippen LogP contribution in [0.25, 0.3) is 0 Å². The van der Waals surface area contributed by atoms with Gasteiger partial charge in [-0.1, -0.05) is 6.42 Å². The Hall–Kier alpha value is -1.44. The summed E-state index contributed by atoms with van der Waals surface area (Å²) in [5.74, 6) is 4.89. The molecule has 2 rings (SSSR count). The molecule has 0 radical (unpaired) electrons. The molecule has 0 aromatic rings. The molecule has 3 N–H and O–H groups in total. The number of hydrogen-bond acceptors (Lipinski definition) is 6. The Labute approximate surface area is 125 Å². The van der Waals surface area contributed by atoms with Crippen molar-refractivity contribution in [3.8, 4) is 0 Å². The summed E-state index contributed by atoms with van der Waals surface area (Å²) in [5.41, 5.74) is 2.76. The van der Waals surface area contributed by atoms with Crippen molar-refractivity contribution in [1.82, 2.24) is 15.4 Å². The largest absolute Gasteiger partial charge is 0.458 e. The van der Waals surface area contributed by atoms with Gasteiger partial charge >= 0.3 is 5.97 Å². The molecule has 7 nitrogen and oxygen atoms in total. The molecular formula is C14H24N4O3. The molecule has 0 aromatic carbocycles. The molecule has 2 heterocycles. The van der Waals surface area contributed by atoms with Gasteiger partial charge in [0.1, 0.15) is 6.10 Å². The van der Waals surface area contributed by atoms with Crippen molar-refractivity contribution in [1.29, 1.82) is 0 Å². The second-order valence-corrected chi connectivity index (χ2v) is 5.55.